The van der Waals surface area contributed by atoms with Crippen LogP contribution in [-0.4, -0.2) is 42.9 Å². The molecule has 1 rings (SSSR count). The van der Waals surface area contributed by atoms with Crippen molar-refractivity contribution in [2.75, 3.05) is 20.6 Å². The average molecular weight is 330 g/mol. The predicted molar refractivity (Wildman–Crippen MR) is 93.2 cm³/mol. The van der Waals surface area contributed by atoms with E-state index in [0.29, 0.717) is 12.1 Å². The molecule has 0 bridgehead atoms. The molecule has 24 heavy (non-hydrogen) atoms. The van der Waals surface area contributed by atoms with Crippen LogP contribution in [0.3, 0.4) is 0 Å². The minimum absolute atomic E-state index is 0.0222. The van der Waals surface area contributed by atoms with Crippen molar-refractivity contribution >= 4 is 11.8 Å². The highest BCUT2D eigenvalue weighted by atomic mass is 16.2. The number of likely N-dealkylation sites (N-methyl/N-ethyl adjacent to an activating group) is 1. The Morgan fingerprint density at radius 3 is 2.33 bits per heavy atom. The molecule has 0 unspecified atom stereocenters. The summed E-state index contributed by atoms with van der Waals surface area (Å²) in [5, 5.41) is 14.6. The lowest BCUT2D eigenvalue weighted by atomic mass is 9.90. The molecule has 0 radical (unpaired) electrons. The van der Waals surface area contributed by atoms with E-state index in [9.17, 15) is 14.9 Å². The maximum absolute atomic E-state index is 12.1. The van der Waals surface area contributed by atoms with Crippen molar-refractivity contribution in [3.8, 4) is 6.07 Å². The lowest BCUT2D eigenvalue weighted by Crippen LogP contribution is -2.51. The van der Waals surface area contributed by atoms with Gasteiger partial charge in [-0.1, -0.05) is 26.0 Å². The zero-order valence-electron chi connectivity index (χ0n) is 15.0. The largest absolute Gasteiger partial charge is 0.355 e. The summed E-state index contributed by atoms with van der Waals surface area (Å²) in [5.41, 5.74) is 0.737. The molecule has 6 heteroatoms. The molecule has 0 saturated heterocycles. The summed E-state index contributed by atoms with van der Waals surface area (Å²) in [7, 11) is 3.43. The van der Waals surface area contributed by atoms with Crippen molar-refractivity contribution in [3.63, 3.8) is 0 Å². The fraction of sp³-hybridized carbons (Fsp3) is 0.500. The van der Waals surface area contributed by atoms with Crippen molar-refractivity contribution in [2.45, 2.75) is 32.9 Å². The molecule has 1 aromatic carbocycles. The number of nitrogens with one attached hydrogen (secondary N) is 2. The number of hydrogen-bond donors (Lipinski definition) is 2. The first-order chi connectivity index (χ1) is 11.2. The molecular weight excluding hydrogens is 304 g/mol. The Bertz CT molecular complexity index is 619. The molecule has 0 aliphatic rings. The first-order valence-electron chi connectivity index (χ1n) is 7.93. The summed E-state index contributed by atoms with van der Waals surface area (Å²) in [4.78, 5) is 25.5. The fourth-order valence-corrected chi connectivity index (χ4v) is 2.15. The highest BCUT2D eigenvalue weighted by molar-refractivity contribution is 5.93. The summed E-state index contributed by atoms with van der Waals surface area (Å²) in [5.74, 6) is -0.287. The second-order valence-corrected chi connectivity index (χ2v) is 6.47. The Balaban J connectivity index is 2.60. The van der Waals surface area contributed by atoms with Crippen LogP contribution in [0.25, 0.3) is 0 Å². The van der Waals surface area contributed by atoms with Gasteiger partial charge in [-0.05, 0) is 37.6 Å². The van der Waals surface area contributed by atoms with Crippen LogP contribution in [0.15, 0.2) is 24.3 Å². The van der Waals surface area contributed by atoms with E-state index in [1.807, 2.05) is 37.9 Å². The molecule has 0 heterocycles. The fourth-order valence-electron chi connectivity index (χ4n) is 2.15. The highest BCUT2D eigenvalue weighted by Gasteiger charge is 2.30. The number of carbonyl (C=O) groups is 2. The quantitative estimate of drug-likeness (QED) is 0.794. The monoisotopic (exact) mass is 330 g/mol. The van der Waals surface area contributed by atoms with E-state index in [4.69, 9.17) is 0 Å². The second kappa shape index (κ2) is 8.46. The van der Waals surface area contributed by atoms with Gasteiger partial charge in [-0.15, -0.1) is 0 Å². The Labute approximate surface area is 143 Å². The lowest BCUT2D eigenvalue weighted by molar-refractivity contribution is -0.123. The molecule has 130 valence electrons. The van der Waals surface area contributed by atoms with Gasteiger partial charge in [0.05, 0.1) is 12.6 Å². The van der Waals surface area contributed by atoms with Crippen LogP contribution in [-0.2, 0) is 11.3 Å². The maximum atomic E-state index is 12.1. The van der Waals surface area contributed by atoms with Crippen molar-refractivity contribution in [3.05, 3.63) is 35.4 Å². The van der Waals surface area contributed by atoms with E-state index in [1.165, 1.54) is 0 Å². The molecule has 0 aliphatic carbocycles. The van der Waals surface area contributed by atoms with Crippen LogP contribution in [0.2, 0.25) is 0 Å². The third kappa shape index (κ3) is 5.36. The van der Waals surface area contributed by atoms with Gasteiger partial charge in [-0.25, -0.2) is 0 Å². The lowest BCUT2D eigenvalue weighted by Gasteiger charge is -2.28. The Kier molecular flexibility index (Phi) is 6.93. The van der Waals surface area contributed by atoms with Crippen LogP contribution in [0.4, 0.5) is 0 Å². The molecule has 0 aliphatic heterocycles. The van der Waals surface area contributed by atoms with E-state index >= 15 is 0 Å². The standard InChI is InChI=1S/C18H26N4O2/c1-13(2)18(3,12-19)21-16(23)11-22(5)10-14-6-8-15(9-7-14)17(24)20-4/h6-9,13H,10-11H2,1-5H3,(H,20,24)(H,21,23)/t18-/m1/s1. The van der Waals surface area contributed by atoms with Crippen molar-refractivity contribution < 1.29 is 9.59 Å². The molecule has 2 N–H and O–H groups in total. The second-order valence-electron chi connectivity index (χ2n) is 6.47. The summed E-state index contributed by atoms with van der Waals surface area (Å²) in [6.07, 6.45) is 0. The topological polar surface area (TPSA) is 85.2 Å². The number of rotatable bonds is 7. The van der Waals surface area contributed by atoms with Gasteiger partial charge < -0.3 is 10.6 Å². The van der Waals surface area contributed by atoms with Crippen LogP contribution in [0, 0.1) is 17.2 Å². The van der Waals surface area contributed by atoms with E-state index in [0.717, 1.165) is 5.56 Å². The number of benzene rings is 1. The summed E-state index contributed by atoms with van der Waals surface area (Å²) in [6.45, 7) is 6.31. The number of hydrogen-bond acceptors (Lipinski definition) is 4. The number of nitriles is 1. The molecule has 0 fully saturated rings. The molecule has 0 aromatic heterocycles. The zero-order valence-corrected chi connectivity index (χ0v) is 15.0. The van der Waals surface area contributed by atoms with E-state index in [2.05, 4.69) is 16.7 Å². The smallest absolute Gasteiger partial charge is 0.251 e. The van der Waals surface area contributed by atoms with Crippen LogP contribution in [0.1, 0.15) is 36.7 Å². The van der Waals surface area contributed by atoms with Gasteiger partial charge in [0.25, 0.3) is 5.91 Å². The van der Waals surface area contributed by atoms with Gasteiger partial charge in [-0.2, -0.15) is 5.26 Å². The SMILES string of the molecule is CNC(=O)c1ccc(CN(C)CC(=O)N[C@](C)(C#N)C(C)C)cc1. The molecule has 0 saturated carbocycles. The Hall–Kier alpha value is -2.39. The van der Waals surface area contributed by atoms with Gasteiger partial charge in [0.2, 0.25) is 5.91 Å². The minimum atomic E-state index is -0.868. The first-order valence-corrected chi connectivity index (χ1v) is 7.93. The van der Waals surface area contributed by atoms with Crippen molar-refractivity contribution in [1.82, 2.24) is 15.5 Å². The highest BCUT2D eigenvalue weighted by Crippen LogP contribution is 2.15. The third-order valence-corrected chi connectivity index (χ3v) is 4.10. The summed E-state index contributed by atoms with van der Waals surface area (Å²) in [6, 6.07) is 9.42. The number of amides is 2. The maximum Gasteiger partial charge on any atom is 0.251 e. The summed E-state index contributed by atoms with van der Waals surface area (Å²) >= 11 is 0. The van der Waals surface area contributed by atoms with Crippen LogP contribution in [0.5, 0.6) is 0 Å². The van der Waals surface area contributed by atoms with Gasteiger partial charge in [0, 0.05) is 19.2 Å². The molecular formula is C18H26N4O2. The molecule has 6 nitrogen and oxygen atoms in total. The Morgan fingerprint density at radius 2 is 1.88 bits per heavy atom. The molecule has 1 aromatic rings. The van der Waals surface area contributed by atoms with Crippen molar-refractivity contribution in [2.24, 2.45) is 5.92 Å². The van der Waals surface area contributed by atoms with E-state index < -0.39 is 5.54 Å². The van der Waals surface area contributed by atoms with E-state index in [1.54, 1.807) is 26.1 Å². The minimum Gasteiger partial charge on any atom is -0.355 e. The number of carbonyl (C=O) groups excluding carboxylic acids is 2. The van der Waals surface area contributed by atoms with Gasteiger partial charge in [-0.3, -0.25) is 14.5 Å². The molecule has 0 spiro atoms. The average Bonchev–Trinajstić information content (AvgIpc) is 2.54. The van der Waals surface area contributed by atoms with E-state index in [-0.39, 0.29) is 24.3 Å². The number of nitrogens with zero attached hydrogens (tertiary/aromatic N) is 2. The molecule has 2 amide bonds. The van der Waals surface area contributed by atoms with Crippen LogP contribution < -0.4 is 10.6 Å². The Morgan fingerprint density at radius 1 is 1.29 bits per heavy atom. The predicted octanol–water partition coefficient (Wildman–Crippen LogP) is 1.53. The zero-order chi connectivity index (χ0) is 18.3. The van der Waals surface area contributed by atoms with Gasteiger partial charge in [0.15, 0.2) is 0 Å². The third-order valence-electron chi connectivity index (χ3n) is 4.10. The summed E-state index contributed by atoms with van der Waals surface area (Å²) < 4.78 is 0. The first kappa shape index (κ1) is 19.7. The van der Waals surface area contributed by atoms with Crippen molar-refractivity contribution in [1.29, 1.82) is 5.26 Å². The molecule has 1 atom stereocenters. The van der Waals surface area contributed by atoms with Gasteiger partial charge >= 0.3 is 0 Å². The van der Waals surface area contributed by atoms with Gasteiger partial charge in [0.1, 0.15) is 5.54 Å². The normalized spacial score (nSPS) is 13.2. The van der Waals surface area contributed by atoms with Crippen LogP contribution >= 0.6 is 0 Å².